The number of fused-ring (bicyclic) bond motifs is 1. The summed E-state index contributed by atoms with van der Waals surface area (Å²) in [6, 6.07) is 7.08. The fourth-order valence-electron chi connectivity index (χ4n) is 4.93. The molecule has 0 radical (unpaired) electrons. The van der Waals surface area contributed by atoms with Crippen molar-refractivity contribution in [2.24, 2.45) is 10.9 Å². The van der Waals surface area contributed by atoms with E-state index in [-0.39, 0.29) is 0 Å². The summed E-state index contributed by atoms with van der Waals surface area (Å²) >= 11 is 0. The van der Waals surface area contributed by atoms with Crippen molar-refractivity contribution in [3.63, 3.8) is 0 Å². The van der Waals surface area contributed by atoms with Crippen molar-refractivity contribution in [3.05, 3.63) is 29.3 Å². The van der Waals surface area contributed by atoms with Gasteiger partial charge in [0.1, 0.15) is 0 Å². The lowest BCUT2D eigenvalue weighted by molar-refractivity contribution is 0.221. The molecule has 1 heterocycles. The summed E-state index contributed by atoms with van der Waals surface area (Å²) in [4.78, 5) is 5.07. The number of rotatable bonds is 1. The van der Waals surface area contributed by atoms with Gasteiger partial charge in [-0.1, -0.05) is 38.8 Å². The van der Waals surface area contributed by atoms with Gasteiger partial charge >= 0.3 is 0 Å². The quantitative estimate of drug-likeness (QED) is 0.636. The first-order valence-corrected chi connectivity index (χ1v) is 8.44. The number of nitrogens with zero attached hydrogens (tertiary/aromatic N) is 1. The number of benzene rings is 1. The Balaban J connectivity index is 1.88. The minimum Gasteiger partial charge on any atom is -0.257 e. The molecule has 4 rings (SSSR count). The molecular weight excluding hydrogens is 242 g/mol. The average molecular weight is 267 g/mol. The third-order valence-corrected chi connectivity index (χ3v) is 5.98. The van der Waals surface area contributed by atoms with Gasteiger partial charge in [-0.3, -0.25) is 4.99 Å². The highest BCUT2D eigenvalue weighted by atomic mass is 14.8. The van der Waals surface area contributed by atoms with E-state index in [1.165, 1.54) is 61.9 Å². The minimum atomic E-state index is 0.344. The zero-order valence-corrected chi connectivity index (χ0v) is 12.8. The average Bonchev–Trinajstić information content (AvgIpc) is 2.79. The molecule has 1 aromatic carbocycles. The molecule has 2 fully saturated rings. The molecular formula is C19H25N. The highest BCUT2D eigenvalue weighted by molar-refractivity contribution is 6.02. The van der Waals surface area contributed by atoms with Gasteiger partial charge in [-0.05, 0) is 61.1 Å². The van der Waals surface area contributed by atoms with E-state index in [0.717, 1.165) is 5.92 Å². The number of hydrogen-bond donors (Lipinski definition) is 0. The second-order valence-corrected chi connectivity index (χ2v) is 7.30. The molecule has 1 unspecified atom stereocenters. The van der Waals surface area contributed by atoms with Gasteiger partial charge in [0.05, 0.1) is 5.69 Å². The van der Waals surface area contributed by atoms with E-state index in [1.54, 1.807) is 5.56 Å². The van der Waals surface area contributed by atoms with Crippen molar-refractivity contribution < 1.29 is 0 Å². The zero-order chi connectivity index (χ0) is 13.7. The Labute approximate surface area is 122 Å². The molecule has 2 saturated carbocycles. The SMILES string of the molecule is CC(C)c1ccc2c(c1)C13CCCC[C@H]1CCCC3=N2. The predicted molar refractivity (Wildman–Crippen MR) is 85.1 cm³/mol. The summed E-state index contributed by atoms with van der Waals surface area (Å²) in [6.45, 7) is 4.60. The van der Waals surface area contributed by atoms with Crippen molar-refractivity contribution in [1.82, 2.24) is 0 Å². The Kier molecular flexibility index (Phi) is 2.80. The first kappa shape index (κ1) is 12.6. The van der Waals surface area contributed by atoms with Gasteiger partial charge in [-0.2, -0.15) is 0 Å². The first-order valence-electron chi connectivity index (χ1n) is 8.44. The van der Waals surface area contributed by atoms with Crippen LogP contribution in [0, 0.1) is 5.92 Å². The summed E-state index contributed by atoms with van der Waals surface area (Å²) in [5.41, 5.74) is 6.24. The van der Waals surface area contributed by atoms with E-state index in [1.807, 2.05) is 0 Å². The predicted octanol–water partition coefficient (Wildman–Crippen LogP) is 5.51. The van der Waals surface area contributed by atoms with E-state index >= 15 is 0 Å². The summed E-state index contributed by atoms with van der Waals surface area (Å²) in [5.74, 6) is 1.48. The van der Waals surface area contributed by atoms with E-state index in [4.69, 9.17) is 4.99 Å². The maximum absolute atomic E-state index is 5.07. The van der Waals surface area contributed by atoms with Crippen LogP contribution in [0.5, 0.6) is 0 Å². The highest BCUT2D eigenvalue weighted by Gasteiger charge is 2.51. The molecule has 1 spiro atoms. The molecule has 1 aliphatic heterocycles. The molecule has 2 atom stereocenters. The van der Waals surface area contributed by atoms with Crippen LogP contribution in [0.3, 0.4) is 0 Å². The lowest BCUT2D eigenvalue weighted by atomic mass is 9.56. The largest absolute Gasteiger partial charge is 0.257 e. The fourth-order valence-corrected chi connectivity index (χ4v) is 4.93. The Morgan fingerprint density at radius 1 is 1.15 bits per heavy atom. The standard InChI is InChI=1S/C19H25N/c1-13(2)14-9-10-17-16(12-14)19-11-4-3-6-15(19)7-5-8-18(19)20-17/h9-10,12-13,15H,3-8,11H2,1-2H3/t15-,19?/m0/s1. The smallest absolute Gasteiger partial charge is 0.0671 e. The molecule has 0 saturated heterocycles. The van der Waals surface area contributed by atoms with E-state index in [0.29, 0.717) is 11.3 Å². The minimum absolute atomic E-state index is 0.344. The molecule has 3 aliphatic rings. The van der Waals surface area contributed by atoms with Crippen LogP contribution in [-0.2, 0) is 5.41 Å². The van der Waals surface area contributed by atoms with Crippen molar-refractivity contribution in [3.8, 4) is 0 Å². The molecule has 106 valence electrons. The van der Waals surface area contributed by atoms with E-state index in [9.17, 15) is 0 Å². The summed E-state index contributed by atoms with van der Waals surface area (Å²) in [5, 5.41) is 0. The van der Waals surface area contributed by atoms with Crippen molar-refractivity contribution >= 4 is 11.4 Å². The molecule has 0 N–H and O–H groups in total. The van der Waals surface area contributed by atoms with Gasteiger partial charge in [0.2, 0.25) is 0 Å². The highest BCUT2D eigenvalue weighted by Crippen LogP contribution is 2.56. The molecule has 2 aliphatic carbocycles. The van der Waals surface area contributed by atoms with Crippen LogP contribution in [0.1, 0.15) is 75.8 Å². The monoisotopic (exact) mass is 267 g/mol. The van der Waals surface area contributed by atoms with Crippen LogP contribution in [0.4, 0.5) is 5.69 Å². The normalized spacial score (nSPS) is 31.6. The van der Waals surface area contributed by atoms with Crippen LogP contribution in [-0.4, -0.2) is 5.71 Å². The van der Waals surface area contributed by atoms with Crippen molar-refractivity contribution in [2.45, 2.75) is 70.1 Å². The Morgan fingerprint density at radius 3 is 2.85 bits per heavy atom. The second kappa shape index (κ2) is 4.44. The van der Waals surface area contributed by atoms with E-state index in [2.05, 4.69) is 32.0 Å². The lowest BCUT2D eigenvalue weighted by Gasteiger charge is -2.46. The van der Waals surface area contributed by atoms with Crippen molar-refractivity contribution in [1.29, 1.82) is 0 Å². The van der Waals surface area contributed by atoms with Gasteiger partial charge in [0, 0.05) is 11.1 Å². The van der Waals surface area contributed by atoms with Gasteiger partial charge in [-0.25, -0.2) is 0 Å². The van der Waals surface area contributed by atoms with Crippen LogP contribution < -0.4 is 0 Å². The Bertz CT molecular complexity index is 567. The van der Waals surface area contributed by atoms with Crippen LogP contribution in [0.25, 0.3) is 0 Å². The third kappa shape index (κ3) is 1.58. The topological polar surface area (TPSA) is 12.4 Å². The van der Waals surface area contributed by atoms with Gasteiger partial charge in [0.15, 0.2) is 0 Å². The molecule has 1 aromatic rings. The van der Waals surface area contributed by atoms with Gasteiger partial charge in [0.25, 0.3) is 0 Å². The zero-order valence-electron chi connectivity index (χ0n) is 12.8. The Morgan fingerprint density at radius 2 is 2.00 bits per heavy atom. The molecule has 0 bridgehead atoms. The first-order chi connectivity index (χ1) is 9.72. The number of hydrogen-bond acceptors (Lipinski definition) is 1. The van der Waals surface area contributed by atoms with Crippen molar-refractivity contribution in [2.75, 3.05) is 0 Å². The summed E-state index contributed by atoms with van der Waals surface area (Å²) in [7, 11) is 0. The third-order valence-electron chi connectivity index (χ3n) is 5.98. The summed E-state index contributed by atoms with van der Waals surface area (Å²) < 4.78 is 0. The fraction of sp³-hybridized carbons (Fsp3) is 0.632. The van der Waals surface area contributed by atoms with Crippen LogP contribution >= 0.6 is 0 Å². The van der Waals surface area contributed by atoms with Crippen LogP contribution in [0.15, 0.2) is 23.2 Å². The maximum Gasteiger partial charge on any atom is 0.0671 e. The van der Waals surface area contributed by atoms with E-state index < -0.39 is 0 Å². The number of aliphatic imine (C=N–C) groups is 1. The molecule has 1 heteroatoms. The molecule has 0 aromatic heterocycles. The van der Waals surface area contributed by atoms with Gasteiger partial charge < -0.3 is 0 Å². The summed E-state index contributed by atoms with van der Waals surface area (Å²) in [6.07, 6.45) is 9.61. The molecule has 1 nitrogen and oxygen atoms in total. The Hall–Kier alpha value is -1.11. The maximum atomic E-state index is 5.07. The molecule has 0 amide bonds. The second-order valence-electron chi connectivity index (χ2n) is 7.30. The lowest BCUT2D eigenvalue weighted by Crippen LogP contribution is -2.46. The van der Waals surface area contributed by atoms with Crippen LogP contribution in [0.2, 0.25) is 0 Å². The molecule has 20 heavy (non-hydrogen) atoms. The van der Waals surface area contributed by atoms with Gasteiger partial charge in [-0.15, -0.1) is 0 Å².